The van der Waals surface area contributed by atoms with Crippen molar-refractivity contribution in [2.75, 3.05) is 11.5 Å². The summed E-state index contributed by atoms with van der Waals surface area (Å²) in [5.41, 5.74) is 16.3. The van der Waals surface area contributed by atoms with Crippen LogP contribution in [0.2, 0.25) is 0 Å². The lowest BCUT2D eigenvalue weighted by atomic mass is 10.0. The van der Waals surface area contributed by atoms with Gasteiger partial charge in [-0.05, 0) is 35.4 Å². The van der Waals surface area contributed by atoms with E-state index in [4.69, 9.17) is 16.2 Å². The SMILES string of the molecule is Nc1cccc(-c2ccc(N)cc2OCc2ccccc2)c1. The Kier molecular flexibility index (Phi) is 3.97. The maximum atomic E-state index is 5.98. The van der Waals surface area contributed by atoms with Crippen LogP contribution in [0, 0.1) is 0 Å². The molecule has 0 radical (unpaired) electrons. The second kappa shape index (κ2) is 6.22. The molecule has 0 bridgehead atoms. The van der Waals surface area contributed by atoms with E-state index in [0.717, 1.165) is 28.1 Å². The van der Waals surface area contributed by atoms with E-state index in [9.17, 15) is 0 Å². The smallest absolute Gasteiger partial charge is 0.129 e. The van der Waals surface area contributed by atoms with Gasteiger partial charge in [-0.15, -0.1) is 0 Å². The van der Waals surface area contributed by atoms with Crippen molar-refractivity contribution in [3.05, 3.63) is 78.4 Å². The number of hydrogen-bond acceptors (Lipinski definition) is 3. The Morgan fingerprint density at radius 3 is 2.27 bits per heavy atom. The molecule has 0 saturated heterocycles. The van der Waals surface area contributed by atoms with Crippen LogP contribution in [0.3, 0.4) is 0 Å². The molecular weight excluding hydrogens is 272 g/mol. The van der Waals surface area contributed by atoms with Crippen LogP contribution in [-0.4, -0.2) is 0 Å². The summed E-state index contributed by atoms with van der Waals surface area (Å²) in [7, 11) is 0. The van der Waals surface area contributed by atoms with Gasteiger partial charge in [-0.25, -0.2) is 0 Å². The van der Waals surface area contributed by atoms with Gasteiger partial charge in [0, 0.05) is 23.0 Å². The molecule has 4 N–H and O–H groups in total. The van der Waals surface area contributed by atoms with Crippen molar-refractivity contribution in [2.24, 2.45) is 0 Å². The maximum absolute atomic E-state index is 5.98. The van der Waals surface area contributed by atoms with Gasteiger partial charge in [0.1, 0.15) is 12.4 Å². The summed E-state index contributed by atoms with van der Waals surface area (Å²) < 4.78 is 5.98. The molecule has 3 aromatic rings. The molecule has 0 aromatic heterocycles. The largest absolute Gasteiger partial charge is 0.488 e. The summed E-state index contributed by atoms with van der Waals surface area (Å²) in [5.74, 6) is 0.759. The topological polar surface area (TPSA) is 61.3 Å². The summed E-state index contributed by atoms with van der Waals surface area (Å²) in [4.78, 5) is 0. The number of nitrogen functional groups attached to an aromatic ring is 2. The van der Waals surface area contributed by atoms with Crippen molar-refractivity contribution < 1.29 is 4.74 Å². The molecule has 0 fully saturated rings. The highest BCUT2D eigenvalue weighted by atomic mass is 16.5. The first-order valence-electron chi connectivity index (χ1n) is 7.14. The third kappa shape index (κ3) is 3.20. The molecule has 110 valence electrons. The summed E-state index contributed by atoms with van der Waals surface area (Å²) in [5, 5.41) is 0. The second-order valence-electron chi connectivity index (χ2n) is 5.16. The highest BCUT2D eigenvalue weighted by Gasteiger charge is 2.08. The van der Waals surface area contributed by atoms with E-state index in [1.54, 1.807) is 0 Å². The molecule has 0 aliphatic heterocycles. The van der Waals surface area contributed by atoms with E-state index < -0.39 is 0 Å². The predicted octanol–water partition coefficient (Wildman–Crippen LogP) is 4.10. The van der Waals surface area contributed by atoms with Crippen LogP contribution in [0.4, 0.5) is 11.4 Å². The van der Waals surface area contributed by atoms with E-state index in [1.165, 1.54) is 0 Å². The molecule has 22 heavy (non-hydrogen) atoms. The molecule has 0 amide bonds. The fraction of sp³-hybridized carbons (Fsp3) is 0.0526. The molecule has 0 aliphatic carbocycles. The maximum Gasteiger partial charge on any atom is 0.129 e. The zero-order valence-corrected chi connectivity index (χ0v) is 12.2. The monoisotopic (exact) mass is 290 g/mol. The summed E-state index contributed by atoms with van der Waals surface area (Å²) >= 11 is 0. The van der Waals surface area contributed by atoms with Crippen LogP contribution in [0.15, 0.2) is 72.8 Å². The summed E-state index contributed by atoms with van der Waals surface area (Å²) in [6.07, 6.45) is 0. The minimum absolute atomic E-state index is 0.500. The Labute approximate surface area is 130 Å². The van der Waals surface area contributed by atoms with Gasteiger partial charge in [-0.2, -0.15) is 0 Å². The number of hydrogen-bond donors (Lipinski definition) is 2. The van der Waals surface area contributed by atoms with Crippen LogP contribution in [0.5, 0.6) is 5.75 Å². The standard InChI is InChI=1S/C19H18N2O/c20-16-8-4-7-15(11-16)18-10-9-17(21)12-19(18)22-13-14-5-2-1-3-6-14/h1-12H,13,20-21H2. The molecule has 0 aliphatic rings. The molecule has 0 atom stereocenters. The van der Waals surface area contributed by atoms with Gasteiger partial charge >= 0.3 is 0 Å². The first-order valence-corrected chi connectivity index (χ1v) is 7.14. The fourth-order valence-corrected chi connectivity index (χ4v) is 2.34. The van der Waals surface area contributed by atoms with Crippen LogP contribution >= 0.6 is 0 Å². The molecule has 3 rings (SSSR count). The van der Waals surface area contributed by atoms with Gasteiger partial charge in [0.25, 0.3) is 0 Å². The average Bonchev–Trinajstić information content (AvgIpc) is 2.54. The zero-order chi connectivity index (χ0) is 15.4. The Bertz CT molecular complexity index is 769. The Balaban J connectivity index is 1.91. The molecule has 3 nitrogen and oxygen atoms in total. The van der Waals surface area contributed by atoms with E-state index in [2.05, 4.69) is 0 Å². The third-order valence-corrected chi connectivity index (χ3v) is 3.44. The van der Waals surface area contributed by atoms with E-state index in [1.807, 2.05) is 72.8 Å². The molecule has 3 heteroatoms. The Hall–Kier alpha value is -2.94. The number of nitrogens with two attached hydrogens (primary N) is 2. The lowest BCUT2D eigenvalue weighted by Gasteiger charge is -2.13. The minimum atomic E-state index is 0.500. The predicted molar refractivity (Wildman–Crippen MR) is 91.5 cm³/mol. The fourth-order valence-electron chi connectivity index (χ4n) is 2.34. The van der Waals surface area contributed by atoms with Crippen LogP contribution < -0.4 is 16.2 Å². The first-order chi connectivity index (χ1) is 10.7. The third-order valence-electron chi connectivity index (χ3n) is 3.44. The van der Waals surface area contributed by atoms with Crippen molar-refractivity contribution in [3.8, 4) is 16.9 Å². The van der Waals surface area contributed by atoms with Gasteiger partial charge < -0.3 is 16.2 Å². The number of anilines is 2. The summed E-state index contributed by atoms with van der Waals surface area (Å²) in [6, 6.07) is 23.5. The lowest BCUT2D eigenvalue weighted by Crippen LogP contribution is -1.98. The van der Waals surface area contributed by atoms with Crippen molar-refractivity contribution in [1.29, 1.82) is 0 Å². The first kappa shape index (κ1) is 14.0. The number of rotatable bonds is 4. The summed E-state index contributed by atoms with van der Waals surface area (Å²) in [6.45, 7) is 0.500. The van der Waals surface area contributed by atoms with E-state index in [-0.39, 0.29) is 0 Å². The highest BCUT2D eigenvalue weighted by Crippen LogP contribution is 2.33. The van der Waals surface area contributed by atoms with Crippen LogP contribution in [0.25, 0.3) is 11.1 Å². The van der Waals surface area contributed by atoms with Crippen molar-refractivity contribution in [1.82, 2.24) is 0 Å². The van der Waals surface area contributed by atoms with Gasteiger partial charge in [-0.3, -0.25) is 0 Å². The van der Waals surface area contributed by atoms with Gasteiger partial charge in [0.2, 0.25) is 0 Å². The van der Waals surface area contributed by atoms with Gasteiger partial charge in [-0.1, -0.05) is 42.5 Å². The molecule has 0 spiro atoms. The Morgan fingerprint density at radius 1 is 0.727 bits per heavy atom. The second-order valence-corrected chi connectivity index (χ2v) is 5.16. The molecule has 0 heterocycles. The molecule has 3 aromatic carbocycles. The van der Waals surface area contributed by atoms with Gasteiger partial charge in [0.15, 0.2) is 0 Å². The normalized spacial score (nSPS) is 10.4. The van der Waals surface area contributed by atoms with E-state index in [0.29, 0.717) is 12.3 Å². The number of benzene rings is 3. The van der Waals surface area contributed by atoms with E-state index >= 15 is 0 Å². The zero-order valence-electron chi connectivity index (χ0n) is 12.2. The highest BCUT2D eigenvalue weighted by molar-refractivity contribution is 5.75. The minimum Gasteiger partial charge on any atom is -0.488 e. The van der Waals surface area contributed by atoms with Crippen molar-refractivity contribution >= 4 is 11.4 Å². The molecule has 0 unspecified atom stereocenters. The molecule has 0 saturated carbocycles. The van der Waals surface area contributed by atoms with Gasteiger partial charge in [0.05, 0.1) is 0 Å². The molecular formula is C19H18N2O. The average molecular weight is 290 g/mol. The quantitative estimate of drug-likeness (QED) is 0.711. The lowest BCUT2D eigenvalue weighted by molar-refractivity contribution is 0.307. The van der Waals surface area contributed by atoms with Crippen LogP contribution in [0.1, 0.15) is 5.56 Å². The van der Waals surface area contributed by atoms with Crippen molar-refractivity contribution in [3.63, 3.8) is 0 Å². The number of ether oxygens (including phenoxy) is 1. The van der Waals surface area contributed by atoms with Crippen molar-refractivity contribution in [2.45, 2.75) is 6.61 Å². The van der Waals surface area contributed by atoms with Crippen LogP contribution in [-0.2, 0) is 6.61 Å². The Morgan fingerprint density at radius 2 is 1.50 bits per heavy atom.